The van der Waals surface area contributed by atoms with E-state index in [2.05, 4.69) is 174 Å². The van der Waals surface area contributed by atoms with Crippen molar-refractivity contribution in [1.82, 2.24) is 0 Å². The van der Waals surface area contributed by atoms with Gasteiger partial charge in [0.05, 0.1) is 0 Å². The molecule has 0 spiro atoms. The van der Waals surface area contributed by atoms with Crippen LogP contribution in [0.2, 0.25) is 0 Å². The summed E-state index contributed by atoms with van der Waals surface area (Å²) in [6, 6.07) is 19.4. The first-order chi connectivity index (χ1) is 23.1. The summed E-state index contributed by atoms with van der Waals surface area (Å²) in [6.07, 6.45) is 2.56. The molecule has 3 aromatic carbocycles. The molecule has 0 saturated carbocycles. The third kappa shape index (κ3) is 33.2. The molecule has 282 valence electrons. The topological polar surface area (TPSA) is 51.5 Å². The van der Waals surface area contributed by atoms with Crippen molar-refractivity contribution in [3.63, 3.8) is 0 Å². The molecular formula is C43H68N3NaNbOP3. The van der Waals surface area contributed by atoms with Crippen LogP contribution in [-0.2, 0) is 27.1 Å². The van der Waals surface area contributed by atoms with Crippen LogP contribution in [0.1, 0.15) is 109 Å². The fraction of sp³-hybridized carbons (Fsp3) is 0.581. The Hall–Kier alpha value is -0.210. The molecule has 1 fully saturated rings. The molecule has 2 aliphatic rings. The van der Waals surface area contributed by atoms with Gasteiger partial charge in [-0.2, -0.15) is 0 Å². The first kappa shape index (κ1) is 53.9. The molecule has 1 saturated heterocycles. The Morgan fingerprint density at radius 2 is 0.692 bits per heavy atom. The zero-order valence-corrected chi connectivity index (χ0v) is 42.6. The zero-order valence-electron chi connectivity index (χ0n) is 35.7. The summed E-state index contributed by atoms with van der Waals surface area (Å²) >= 11 is 0. The molecule has 5 rings (SSSR count). The SMILES string of the molecule is C1CCOC1.Cc1cc(C)cc([N-]CC(C)(C)C)c1.Cc1cc(C)cc([N-]CC(C)(C)C)c1.Cc1cc(C)cc([N-]CC(C)(C)C)c1.P1=P[P-]1.[Na+].[Nb+3]. The van der Waals surface area contributed by atoms with Gasteiger partial charge in [0.2, 0.25) is 0 Å². The largest absolute Gasteiger partial charge is 3.00 e. The van der Waals surface area contributed by atoms with Crippen molar-refractivity contribution in [2.45, 2.75) is 117 Å². The van der Waals surface area contributed by atoms with Gasteiger partial charge in [-0.05, 0) is 54.4 Å². The quantitative estimate of drug-likeness (QED) is 0.180. The maximum atomic E-state index is 4.94. The monoisotopic (exact) mass is 851 g/mol. The van der Waals surface area contributed by atoms with Crippen LogP contribution in [0.3, 0.4) is 0 Å². The second kappa shape index (κ2) is 27.4. The van der Waals surface area contributed by atoms with E-state index in [1.165, 1.54) is 46.2 Å². The Labute approximate surface area is 363 Å². The fourth-order valence-corrected chi connectivity index (χ4v) is 4.62. The summed E-state index contributed by atoms with van der Waals surface area (Å²) in [5.74, 6) is 0. The van der Waals surface area contributed by atoms with Crippen LogP contribution in [0.15, 0.2) is 54.6 Å². The van der Waals surface area contributed by atoms with Crippen LogP contribution < -0.4 is 29.6 Å². The van der Waals surface area contributed by atoms with Crippen LogP contribution in [0.25, 0.3) is 16.0 Å². The minimum atomic E-state index is 0. The Morgan fingerprint density at radius 3 is 0.827 bits per heavy atom. The first-order valence-corrected chi connectivity index (χ1v) is 22.9. The normalized spacial score (nSPS) is 13.8. The Kier molecular flexibility index (Phi) is 28.4. The number of benzene rings is 3. The van der Waals surface area contributed by atoms with Crippen LogP contribution in [0, 0.1) is 57.8 Å². The summed E-state index contributed by atoms with van der Waals surface area (Å²) in [7, 11) is 4.83. The molecule has 2 aliphatic heterocycles. The summed E-state index contributed by atoms with van der Waals surface area (Å²) < 4.78 is 4.94. The van der Waals surface area contributed by atoms with E-state index in [1.54, 1.807) is 23.1 Å². The Balaban J connectivity index is 0. The maximum absolute atomic E-state index is 4.94. The molecule has 9 heteroatoms. The van der Waals surface area contributed by atoms with Gasteiger partial charge >= 0.3 is 51.9 Å². The Morgan fingerprint density at radius 1 is 0.481 bits per heavy atom. The average molecular weight is 852 g/mol. The average Bonchev–Trinajstić information content (AvgIpc) is 3.72. The van der Waals surface area contributed by atoms with Crippen molar-refractivity contribution < 1.29 is 56.7 Å². The predicted molar refractivity (Wildman–Crippen MR) is 231 cm³/mol. The molecule has 0 amide bonds. The van der Waals surface area contributed by atoms with E-state index in [1.807, 2.05) is 0 Å². The van der Waals surface area contributed by atoms with Gasteiger partial charge in [-0.25, -0.2) is 0 Å². The molecule has 0 N–H and O–H groups in total. The number of ether oxygens (including phenoxy) is 1. The summed E-state index contributed by atoms with van der Waals surface area (Å²) in [6.45, 7) is 37.2. The number of rotatable bonds is 6. The zero-order chi connectivity index (χ0) is 38.0. The van der Waals surface area contributed by atoms with Crippen LogP contribution >= 0.6 is 23.1 Å². The second-order valence-electron chi connectivity index (χ2n) is 17.3. The molecule has 0 bridgehead atoms. The summed E-state index contributed by atoms with van der Waals surface area (Å²) in [5.41, 5.74) is 11.9. The third-order valence-corrected chi connectivity index (χ3v) is 9.07. The van der Waals surface area contributed by atoms with Crippen LogP contribution in [-0.4, -0.2) is 32.8 Å². The van der Waals surface area contributed by atoms with Gasteiger partial charge in [0, 0.05) is 13.2 Å². The van der Waals surface area contributed by atoms with Crippen molar-refractivity contribution in [2.75, 3.05) is 32.8 Å². The van der Waals surface area contributed by atoms with Gasteiger partial charge in [0.25, 0.3) is 0 Å². The molecule has 2 heterocycles. The second-order valence-corrected chi connectivity index (χ2v) is 24.2. The molecule has 4 nitrogen and oxygen atoms in total. The number of hydrogen-bond acceptors (Lipinski definition) is 1. The predicted octanol–water partition coefficient (Wildman–Crippen LogP) is 13.4. The van der Waals surface area contributed by atoms with E-state index in [0.29, 0.717) is 0 Å². The van der Waals surface area contributed by atoms with Crippen molar-refractivity contribution in [2.24, 2.45) is 16.2 Å². The first-order valence-electron chi connectivity index (χ1n) is 18.1. The molecule has 0 unspecified atom stereocenters. The molecular weight excluding hydrogens is 783 g/mol. The smallest absolute Gasteiger partial charge is 0.684 e. The van der Waals surface area contributed by atoms with Crippen LogP contribution in [0.4, 0.5) is 17.1 Å². The van der Waals surface area contributed by atoms with Crippen molar-refractivity contribution in [3.05, 3.63) is 104 Å². The van der Waals surface area contributed by atoms with Crippen molar-refractivity contribution in [3.8, 4) is 0 Å². The van der Waals surface area contributed by atoms with Gasteiger partial charge in [-0.3, -0.25) is 15.1 Å². The molecule has 52 heavy (non-hydrogen) atoms. The van der Waals surface area contributed by atoms with Crippen LogP contribution in [0.5, 0.6) is 0 Å². The number of aryl methyl sites for hydroxylation is 6. The number of hydrogen-bond donors (Lipinski definition) is 0. The maximum Gasteiger partial charge on any atom is 3.00 e. The van der Waals surface area contributed by atoms with Crippen molar-refractivity contribution >= 4 is 40.1 Å². The van der Waals surface area contributed by atoms with Gasteiger partial charge in [0.1, 0.15) is 0 Å². The standard InChI is InChI=1S/3C13H20N.C4H8O.Na.Nb.P3/c3*1-10-6-11(2)8-12(7-10)14-9-13(3,4)5;1-2-4-5-3-1;;;1-2-3-1/h3*6-8H,9H2,1-5H3;1-4H2;;;/q3*-1;;+1;+3;-1. The summed E-state index contributed by atoms with van der Waals surface area (Å²) in [5, 5.41) is 13.8. The molecule has 0 radical (unpaired) electrons. The number of nitrogens with zero attached hydrogens (tertiary/aromatic N) is 3. The fourth-order valence-electron chi connectivity index (χ4n) is 4.62. The minimum Gasteiger partial charge on any atom is -0.684 e. The van der Waals surface area contributed by atoms with E-state index in [4.69, 9.17) is 4.74 Å². The van der Waals surface area contributed by atoms with E-state index < -0.39 is 0 Å². The van der Waals surface area contributed by atoms with Gasteiger partial charge in [0.15, 0.2) is 0 Å². The molecule has 0 aromatic heterocycles. The minimum absolute atomic E-state index is 0. The van der Waals surface area contributed by atoms with E-state index in [0.717, 1.165) is 49.9 Å². The Bertz CT molecular complexity index is 1210. The molecule has 0 aliphatic carbocycles. The third-order valence-electron chi connectivity index (χ3n) is 6.74. The van der Waals surface area contributed by atoms with Gasteiger partial charge in [-0.1, -0.05) is 167 Å². The van der Waals surface area contributed by atoms with E-state index >= 15 is 0 Å². The van der Waals surface area contributed by atoms with Gasteiger partial charge in [-0.15, -0.1) is 36.7 Å². The van der Waals surface area contributed by atoms with Gasteiger partial charge < -0.3 is 28.6 Å². The molecule has 0 atom stereocenters. The van der Waals surface area contributed by atoms with E-state index in [-0.39, 0.29) is 68.2 Å². The van der Waals surface area contributed by atoms with E-state index in [9.17, 15) is 0 Å². The summed E-state index contributed by atoms with van der Waals surface area (Å²) in [4.78, 5) is 0. The molecule has 3 aromatic rings. The van der Waals surface area contributed by atoms with Crippen molar-refractivity contribution in [1.29, 1.82) is 0 Å².